The van der Waals surface area contributed by atoms with Gasteiger partial charge in [0, 0.05) is 11.5 Å². The fraction of sp³-hybridized carbons (Fsp3) is 0.0625. The molecule has 0 spiro atoms. The van der Waals surface area contributed by atoms with Crippen molar-refractivity contribution in [3.8, 4) is 22.6 Å². The van der Waals surface area contributed by atoms with Crippen molar-refractivity contribution >= 4 is 11.0 Å². The van der Waals surface area contributed by atoms with Crippen LogP contribution in [0.4, 0.5) is 0 Å². The number of hydrogen-bond donors (Lipinski definition) is 2. The molecule has 0 bridgehead atoms. The monoisotopic (exact) mass is 268 g/mol. The largest absolute Gasteiger partial charge is 0.508 e. The topological polar surface area (TPSA) is 70.7 Å². The summed E-state index contributed by atoms with van der Waals surface area (Å²) >= 11 is 0. The summed E-state index contributed by atoms with van der Waals surface area (Å²) in [5, 5.41) is 19.5. The molecule has 1 aromatic heterocycles. The maximum absolute atomic E-state index is 12.1. The zero-order valence-corrected chi connectivity index (χ0v) is 10.8. The first-order valence-electron chi connectivity index (χ1n) is 6.12. The van der Waals surface area contributed by atoms with Gasteiger partial charge in [-0.05, 0) is 42.3 Å². The Kier molecular flexibility index (Phi) is 2.71. The van der Waals surface area contributed by atoms with Crippen LogP contribution < -0.4 is 5.63 Å². The fourth-order valence-electron chi connectivity index (χ4n) is 2.31. The van der Waals surface area contributed by atoms with E-state index < -0.39 is 5.63 Å². The van der Waals surface area contributed by atoms with E-state index in [0.29, 0.717) is 16.7 Å². The van der Waals surface area contributed by atoms with Crippen LogP contribution in [0.3, 0.4) is 0 Å². The molecule has 0 fully saturated rings. The maximum Gasteiger partial charge on any atom is 0.344 e. The van der Waals surface area contributed by atoms with Crippen LogP contribution in [0, 0.1) is 6.92 Å². The highest BCUT2D eigenvalue weighted by Gasteiger charge is 2.13. The molecule has 0 aliphatic heterocycles. The molecule has 0 amide bonds. The van der Waals surface area contributed by atoms with Crippen LogP contribution in [0.15, 0.2) is 51.7 Å². The number of aryl methyl sites for hydroxylation is 1. The van der Waals surface area contributed by atoms with Crippen LogP contribution >= 0.6 is 0 Å². The van der Waals surface area contributed by atoms with Gasteiger partial charge in [0.1, 0.15) is 17.1 Å². The zero-order chi connectivity index (χ0) is 14.3. The van der Waals surface area contributed by atoms with E-state index in [9.17, 15) is 15.0 Å². The molecule has 4 nitrogen and oxygen atoms in total. The van der Waals surface area contributed by atoms with Gasteiger partial charge in [0.2, 0.25) is 0 Å². The maximum atomic E-state index is 12.1. The highest BCUT2D eigenvalue weighted by molar-refractivity contribution is 5.87. The number of phenols is 2. The van der Waals surface area contributed by atoms with Gasteiger partial charge in [0.15, 0.2) is 0 Å². The minimum absolute atomic E-state index is 0.0532. The molecule has 100 valence electrons. The molecular formula is C16H12O4. The molecule has 0 radical (unpaired) electrons. The molecule has 2 N–H and O–H groups in total. The van der Waals surface area contributed by atoms with Gasteiger partial charge in [-0.25, -0.2) is 4.79 Å². The second-order valence-corrected chi connectivity index (χ2v) is 4.62. The van der Waals surface area contributed by atoms with Crippen molar-refractivity contribution in [2.24, 2.45) is 0 Å². The summed E-state index contributed by atoms with van der Waals surface area (Å²) in [5.41, 5.74) is 1.82. The lowest BCUT2D eigenvalue weighted by Gasteiger charge is -2.08. The molecule has 0 unspecified atom stereocenters. The number of hydrogen-bond acceptors (Lipinski definition) is 4. The third-order valence-corrected chi connectivity index (χ3v) is 3.31. The van der Waals surface area contributed by atoms with Crippen molar-refractivity contribution < 1.29 is 14.6 Å². The van der Waals surface area contributed by atoms with Gasteiger partial charge >= 0.3 is 5.63 Å². The fourth-order valence-corrected chi connectivity index (χ4v) is 2.31. The first-order chi connectivity index (χ1) is 9.56. The van der Waals surface area contributed by atoms with Crippen LogP contribution in [0.5, 0.6) is 11.5 Å². The normalized spacial score (nSPS) is 10.8. The molecule has 3 aromatic rings. The van der Waals surface area contributed by atoms with Crippen molar-refractivity contribution in [1.82, 2.24) is 0 Å². The average molecular weight is 268 g/mol. The van der Waals surface area contributed by atoms with Gasteiger partial charge in [-0.1, -0.05) is 12.1 Å². The SMILES string of the molecule is Cc1c(-c2ccc(O)cc2)c(=O)oc2cc(O)ccc12. The Morgan fingerprint density at radius 1 is 0.950 bits per heavy atom. The van der Waals surface area contributed by atoms with Crippen molar-refractivity contribution in [2.45, 2.75) is 6.92 Å². The third kappa shape index (κ3) is 1.91. The second kappa shape index (κ2) is 4.42. The van der Waals surface area contributed by atoms with E-state index in [1.807, 2.05) is 6.92 Å². The molecule has 2 aromatic carbocycles. The average Bonchev–Trinajstić information content (AvgIpc) is 2.40. The van der Waals surface area contributed by atoms with Crippen molar-refractivity contribution in [2.75, 3.05) is 0 Å². The molecule has 0 aliphatic carbocycles. The van der Waals surface area contributed by atoms with E-state index in [1.165, 1.54) is 18.2 Å². The lowest BCUT2D eigenvalue weighted by molar-refractivity contribution is 0.473. The Bertz CT molecular complexity index is 845. The smallest absolute Gasteiger partial charge is 0.344 e. The molecular weight excluding hydrogens is 256 g/mol. The van der Waals surface area contributed by atoms with E-state index in [4.69, 9.17) is 4.42 Å². The Balaban J connectivity index is 2.34. The number of rotatable bonds is 1. The summed E-state index contributed by atoms with van der Waals surface area (Å²) in [6, 6.07) is 11.1. The van der Waals surface area contributed by atoms with Gasteiger partial charge in [-0.3, -0.25) is 0 Å². The van der Waals surface area contributed by atoms with Gasteiger partial charge in [-0.2, -0.15) is 0 Å². The molecule has 3 rings (SSSR count). The van der Waals surface area contributed by atoms with Crippen LogP contribution in [-0.2, 0) is 0 Å². The molecule has 20 heavy (non-hydrogen) atoms. The van der Waals surface area contributed by atoms with Crippen LogP contribution in [0.2, 0.25) is 0 Å². The molecule has 4 heteroatoms. The Labute approximate surface area is 114 Å². The van der Waals surface area contributed by atoms with Gasteiger partial charge in [-0.15, -0.1) is 0 Å². The lowest BCUT2D eigenvalue weighted by Crippen LogP contribution is -2.05. The van der Waals surface area contributed by atoms with E-state index in [1.54, 1.807) is 24.3 Å². The van der Waals surface area contributed by atoms with Gasteiger partial charge in [0.25, 0.3) is 0 Å². The molecule has 1 heterocycles. The van der Waals surface area contributed by atoms with E-state index in [-0.39, 0.29) is 11.5 Å². The Morgan fingerprint density at radius 2 is 1.60 bits per heavy atom. The first kappa shape index (κ1) is 12.3. The Hall–Kier alpha value is -2.75. The molecule has 0 saturated carbocycles. The third-order valence-electron chi connectivity index (χ3n) is 3.31. The highest BCUT2D eigenvalue weighted by Crippen LogP contribution is 2.29. The van der Waals surface area contributed by atoms with Gasteiger partial charge < -0.3 is 14.6 Å². The number of benzene rings is 2. The summed E-state index contributed by atoms with van der Waals surface area (Å²) in [4.78, 5) is 12.1. The van der Waals surface area contributed by atoms with Crippen LogP contribution in [-0.4, -0.2) is 10.2 Å². The minimum Gasteiger partial charge on any atom is -0.508 e. The summed E-state index contributed by atoms with van der Waals surface area (Å²) in [5.74, 6) is 0.193. The molecule has 0 saturated heterocycles. The number of aromatic hydroxyl groups is 2. The Morgan fingerprint density at radius 3 is 2.30 bits per heavy atom. The molecule has 0 aliphatic rings. The zero-order valence-electron chi connectivity index (χ0n) is 10.8. The summed E-state index contributed by atoms with van der Waals surface area (Å²) < 4.78 is 5.26. The predicted molar refractivity (Wildman–Crippen MR) is 76.0 cm³/mol. The van der Waals surface area contributed by atoms with E-state index in [0.717, 1.165) is 10.9 Å². The van der Waals surface area contributed by atoms with Crippen LogP contribution in [0.25, 0.3) is 22.1 Å². The number of phenolic OH excluding ortho intramolecular Hbond substituents is 2. The van der Waals surface area contributed by atoms with E-state index >= 15 is 0 Å². The second-order valence-electron chi connectivity index (χ2n) is 4.62. The van der Waals surface area contributed by atoms with Crippen LogP contribution in [0.1, 0.15) is 5.56 Å². The van der Waals surface area contributed by atoms with Gasteiger partial charge in [0.05, 0.1) is 5.56 Å². The summed E-state index contributed by atoms with van der Waals surface area (Å²) in [7, 11) is 0. The lowest BCUT2D eigenvalue weighted by atomic mass is 9.99. The van der Waals surface area contributed by atoms with Crippen molar-refractivity contribution in [1.29, 1.82) is 0 Å². The first-order valence-corrected chi connectivity index (χ1v) is 6.12. The minimum atomic E-state index is -0.466. The standard InChI is InChI=1S/C16H12O4/c1-9-13-7-6-12(18)8-14(13)20-16(19)15(9)10-2-4-11(17)5-3-10/h2-8,17-18H,1H3. The van der Waals surface area contributed by atoms with Crippen molar-refractivity contribution in [3.05, 3.63) is 58.4 Å². The predicted octanol–water partition coefficient (Wildman–Crippen LogP) is 3.18. The summed E-state index contributed by atoms with van der Waals surface area (Å²) in [6.07, 6.45) is 0. The van der Waals surface area contributed by atoms with E-state index in [2.05, 4.69) is 0 Å². The quantitative estimate of drug-likeness (QED) is 0.665. The number of fused-ring (bicyclic) bond motifs is 1. The highest BCUT2D eigenvalue weighted by atomic mass is 16.4. The molecule has 0 atom stereocenters. The summed E-state index contributed by atoms with van der Waals surface area (Å²) in [6.45, 7) is 1.83. The van der Waals surface area contributed by atoms with Crippen molar-refractivity contribution in [3.63, 3.8) is 0 Å².